The molecule has 2 saturated carbocycles. The van der Waals surface area contributed by atoms with E-state index in [1.54, 1.807) is 0 Å². The van der Waals surface area contributed by atoms with Crippen molar-refractivity contribution in [1.82, 2.24) is 5.32 Å². The summed E-state index contributed by atoms with van der Waals surface area (Å²) in [5, 5.41) is 43.5. The van der Waals surface area contributed by atoms with Crippen LogP contribution >= 0.6 is 11.8 Å². The van der Waals surface area contributed by atoms with Crippen LogP contribution in [-0.2, 0) is 4.74 Å². The highest BCUT2D eigenvalue weighted by Crippen LogP contribution is 2.48. The number of aliphatic hydroxyl groups excluding tert-OH is 4. The van der Waals surface area contributed by atoms with Gasteiger partial charge in [0.05, 0.1) is 6.61 Å². The van der Waals surface area contributed by atoms with Crippen molar-refractivity contribution in [2.75, 3.05) is 6.61 Å². The fraction of sp³-hybridized carbons (Fsp3) is 1.00. The monoisotopic (exact) mass is 361 g/mol. The van der Waals surface area contributed by atoms with Gasteiger partial charge in [0, 0.05) is 17.3 Å². The Bertz CT molecular complexity index is 431. The third-order valence-electron chi connectivity index (χ3n) is 5.87. The third-order valence-corrected chi connectivity index (χ3v) is 7.68. The lowest BCUT2D eigenvalue weighted by atomic mass is 9.90. The smallest absolute Gasteiger partial charge is 0.132 e. The van der Waals surface area contributed by atoms with Crippen molar-refractivity contribution >= 4 is 11.8 Å². The second-order valence-corrected chi connectivity index (χ2v) is 9.55. The van der Waals surface area contributed by atoms with E-state index in [4.69, 9.17) is 4.74 Å². The Balaban J connectivity index is 1.61. The molecule has 3 rings (SSSR count). The van der Waals surface area contributed by atoms with Crippen molar-refractivity contribution in [3.8, 4) is 0 Å². The van der Waals surface area contributed by atoms with E-state index in [1.807, 2.05) is 0 Å². The molecule has 0 spiro atoms. The number of rotatable bonds is 5. The van der Waals surface area contributed by atoms with Crippen LogP contribution in [0.1, 0.15) is 46.0 Å². The molecule has 0 radical (unpaired) electrons. The van der Waals surface area contributed by atoms with Gasteiger partial charge in [-0.05, 0) is 31.1 Å². The minimum atomic E-state index is -1.29. The molecule has 0 bridgehead atoms. The summed E-state index contributed by atoms with van der Waals surface area (Å²) in [6.07, 6.45) is 1.38. The molecule has 3 fully saturated rings. The van der Waals surface area contributed by atoms with E-state index < -0.39 is 29.9 Å². The molecular formula is C17H31NO5S. The molecule has 1 heterocycles. The normalized spacial score (nSPS) is 46.0. The van der Waals surface area contributed by atoms with Crippen LogP contribution in [0, 0.1) is 5.41 Å². The van der Waals surface area contributed by atoms with Gasteiger partial charge in [0.15, 0.2) is 0 Å². The Morgan fingerprint density at radius 1 is 1.08 bits per heavy atom. The van der Waals surface area contributed by atoms with E-state index in [2.05, 4.69) is 19.2 Å². The molecule has 7 atom stereocenters. The summed E-state index contributed by atoms with van der Waals surface area (Å²) in [4.78, 5) is 0. The number of thioether (sulfide) groups is 1. The van der Waals surface area contributed by atoms with Gasteiger partial charge in [-0.25, -0.2) is 0 Å². The first-order valence-electron chi connectivity index (χ1n) is 9.04. The molecule has 0 aromatic carbocycles. The molecule has 140 valence electrons. The van der Waals surface area contributed by atoms with Crippen LogP contribution in [0.15, 0.2) is 0 Å². The fourth-order valence-electron chi connectivity index (χ4n) is 4.04. The van der Waals surface area contributed by atoms with Gasteiger partial charge < -0.3 is 30.5 Å². The summed E-state index contributed by atoms with van der Waals surface area (Å²) >= 11 is 1.53. The molecule has 7 heteroatoms. The van der Waals surface area contributed by atoms with E-state index >= 15 is 0 Å². The maximum atomic E-state index is 10.3. The van der Waals surface area contributed by atoms with Gasteiger partial charge in [-0.15, -0.1) is 11.8 Å². The lowest BCUT2D eigenvalue weighted by Gasteiger charge is -2.41. The van der Waals surface area contributed by atoms with Crippen molar-refractivity contribution in [3.05, 3.63) is 0 Å². The topological polar surface area (TPSA) is 102 Å². The maximum absolute atomic E-state index is 10.3. The lowest BCUT2D eigenvalue weighted by molar-refractivity contribution is -0.205. The molecule has 2 aliphatic carbocycles. The summed E-state index contributed by atoms with van der Waals surface area (Å²) in [6, 6.07) is 1.13. The van der Waals surface area contributed by atoms with E-state index in [1.165, 1.54) is 31.0 Å². The minimum absolute atomic E-state index is 0.102. The Morgan fingerprint density at radius 3 is 2.38 bits per heavy atom. The molecule has 0 aromatic heterocycles. The molecule has 1 aliphatic heterocycles. The Kier molecular flexibility index (Phi) is 5.81. The van der Waals surface area contributed by atoms with Gasteiger partial charge in [0.25, 0.3) is 0 Å². The van der Waals surface area contributed by atoms with Crippen LogP contribution in [0.3, 0.4) is 0 Å². The second kappa shape index (κ2) is 7.39. The first-order valence-corrected chi connectivity index (χ1v) is 9.98. The first-order chi connectivity index (χ1) is 11.3. The van der Waals surface area contributed by atoms with Crippen LogP contribution in [0.25, 0.3) is 0 Å². The van der Waals surface area contributed by atoms with E-state index in [0.717, 1.165) is 12.8 Å². The molecular weight excluding hydrogens is 330 g/mol. The molecule has 0 aromatic rings. The molecule has 5 N–H and O–H groups in total. The van der Waals surface area contributed by atoms with Crippen molar-refractivity contribution in [1.29, 1.82) is 0 Å². The van der Waals surface area contributed by atoms with Crippen LogP contribution in [-0.4, -0.2) is 74.2 Å². The summed E-state index contributed by atoms with van der Waals surface area (Å²) in [7, 11) is 0. The molecule has 6 nitrogen and oxygen atoms in total. The van der Waals surface area contributed by atoms with Gasteiger partial charge in [-0.1, -0.05) is 20.3 Å². The predicted molar refractivity (Wildman–Crippen MR) is 92.7 cm³/mol. The van der Waals surface area contributed by atoms with Gasteiger partial charge in [0.2, 0.25) is 0 Å². The Labute approximate surface area is 148 Å². The van der Waals surface area contributed by atoms with Crippen molar-refractivity contribution in [2.45, 2.75) is 93.1 Å². The van der Waals surface area contributed by atoms with Crippen LogP contribution in [0.4, 0.5) is 0 Å². The first kappa shape index (κ1) is 18.9. The number of ether oxygens (including phenoxy) is 1. The molecule has 1 saturated heterocycles. The average molecular weight is 362 g/mol. The Morgan fingerprint density at radius 2 is 1.79 bits per heavy atom. The highest BCUT2D eigenvalue weighted by atomic mass is 32.2. The zero-order chi connectivity index (χ0) is 17.5. The van der Waals surface area contributed by atoms with Crippen LogP contribution < -0.4 is 5.32 Å². The van der Waals surface area contributed by atoms with Gasteiger partial charge in [-0.3, -0.25) is 0 Å². The van der Waals surface area contributed by atoms with Gasteiger partial charge >= 0.3 is 0 Å². The standard InChI is InChI=1S/C17H31NO5S/c1-17(2)7-10(18-9-4-3-5-9)6-12(17)24-16-15(22)14(21)13(20)11(8-19)23-16/h9-16,18-22H,3-8H2,1-2H3/t10-,11-,12-,13+,14+,15-,16+/m1/s1. The predicted octanol–water partition coefficient (Wildman–Crippen LogP) is 0.219. The molecule has 24 heavy (non-hydrogen) atoms. The van der Waals surface area contributed by atoms with Crippen LogP contribution in [0.5, 0.6) is 0 Å². The van der Waals surface area contributed by atoms with E-state index in [9.17, 15) is 20.4 Å². The van der Waals surface area contributed by atoms with Crippen LogP contribution in [0.2, 0.25) is 0 Å². The number of hydrogen-bond acceptors (Lipinski definition) is 7. The second-order valence-electron chi connectivity index (χ2n) is 8.24. The van der Waals surface area contributed by atoms with Crippen molar-refractivity contribution < 1.29 is 25.2 Å². The Hall–Kier alpha value is 0.110. The summed E-state index contributed by atoms with van der Waals surface area (Å²) in [6.45, 7) is 4.09. The third kappa shape index (κ3) is 3.77. The number of hydrogen-bond donors (Lipinski definition) is 5. The maximum Gasteiger partial charge on any atom is 0.132 e. The summed E-state index contributed by atoms with van der Waals surface area (Å²) in [5.41, 5.74) is -0.530. The quantitative estimate of drug-likeness (QED) is 0.477. The minimum Gasteiger partial charge on any atom is -0.394 e. The molecule has 0 unspecified atom stereocenters. The van der Waals surface area contributed by atoms with E-state index in [-0.39, 0.29) is 17.3 Å². The van der Waals surface area contributed by atoms with E-state index in [0.29, 0.717) is 12.1 Å². The SMILES string of the molecule is CC1(C)C[C@H](NC2CCC2)C[C@H]1S[C@@H]1O[C@H](CO)[C@H](O)[C@H](O)[C@H]1O. The highest BCUT2D eigenvalue weighted by molar-refractivity contribution is 8.00. The summed E-state index contributed by atoms with van der Waals surface area (Å²) < 4.78 is 5.67. The average Bonchev–Trinajstić information content (AvgIpc) is 2.77. The highest BCUT2D eigenvalue weighted by Gasteiger charge is 2.48. The van der Waals surface area contributed by atoms with Crippen molar-refractivity contribution in [2.24, 2.45) is 5.41 Å². The summed E-state index contributed by atoms with van der Waals surface area (Å²) in [5.74, 6) is 0. The number of nitrogens with one attached hydrogen (secondary N) is 1. The van der Waals surface area contributed by atoms with Gasteiger partial charge in [-0.2, -0.15) is 0 Å². The van der Waals surface area contributed by atoms with Crippen molar-refractivity contribution in [3.63, 3.8) is 0 Å². The molecule has 3 aliphatic rings. The zero-order valence-corrected chi connectivity index (χ0v) is 15.3. The lowest BCUT2D eigenvalue weighted by Crippen LogP contribution is -2.58. The molecule has 0 amide bonds. The largest absolute Gasteiger partial charge is 0.394 e. The van der Waals surface area contributed by atoms with Gasteiger partial charge in [0.1, 0.15) is 29.9 Å². The fourth-order valence-corrected chi connectivity index (χ4v) is 5.70. The number of aliphatic hydroxyl groups is 4. The zero-order valence-electron chi connectivity index (χ0n) is 14.5.